The summed E-state index contributed by atoms with van der Waals surface area (Å²) in [6.07, 6.45) is 3.98. The number of aromatic nitrogens is 1. The van der Waals surface area contributed by atoms with Crippen molar-refractivity contribution in [2.45, 2.75) is 39.2 Å². The molecule has 1 unspecified atom stereocenters. The first-order chi connectivity index (χ1) is 11.1. The second kappa shape index (κ2) is 6.18. The Bertz CT molecular complexity index is 627. The minimum atomic E-state index is -0.469. The molecule has 0 aromatic carbocycles. The van der Waals surface area contributed by atoms with Crippen molar-refractivity contribution in [3.05, 3.63) is 17.3 Å². The Balaban J connectivity index is 2.06. The lowest BCUT2D eigenvalue weighted by Crippen LogP contribution is -2.45. The molecule has 0 spiro atoms. The molecule has 23 heavy (non-hydrogen) atoms. The first kappa shape index (κ1) is 15.8. The van der Waals surface area contributed by atoms with Crippen molar-refractivity contribution in [2.75, 3.05) is 18.6 Å². The summed E-state index contributed by atoms with van der Waals surface area (Å²) in [7, 11) is 1.50. The van der Waals surface area contributed by atoms with Crippen LogP contribution in [0, 0.1) is 11.8 Å². The molecule has 1 aromatic heterocycles. The number of anilines is 1. The van der Waals surface area contributed by atoms with Crippen LogP contribution in [0.5, 0.6) is 5.88 Å². The number of hydrogen-bond donors (Lipinski definition) is 0. The summed E-state index contributed by atoms with van der Waals surface area (Å²) in [5, 5.41) is 0. The second-order valence-corrected chi connectivity index (χ2v) is 6.27. The Hall–Kier alpha value is -2.11. The van der Waals surface area contributed by atoms with Crippen LogP contribution in [-0.4, -0.2) is 37.1 Å². The Kier molecular flexibility index (Phi) is 4.24. The Morgan fingerprint density at radius 1 is 1.48 bits per heavy atom. The first-order valence-electron chi connectivity index (χ1n) is 8.09. The van der Waals surface area contributed by atoms with Gasteiger partial charge in [-0.3, -0.25) is 4.79 Å². The molecule has 1 saturated carbocycles. The molecule has 1 aliphatic heterocycles. The lowest BCUT2D eigenvalue weighted by atomic mass is 9.85. The third kappa shape index (κ3) is 2.78. The lowest BCUT2D eigenvalue weighted by Gasteiger charge is -2.39. The summed E-state index contributed by atoms with van der Waals surface area (Å²) in [6.45, 7) is 4.20. The molecule has 2 heterocycles. The minimum absolute atomic E-state index is 0.184. The molecule has 0 N–H and O–H groups in total. The van der Waals surface area contributed by atoms with Crippen molar-refractivity contribution in [1.29, 1.82) is 0 Å². The summed E-state index contributed by atoms with van der Waals surface area (Å²) in [5.74, 6) is 0.735. The molecule has 124 valence electrons. The number of nitrogens with zero attached hydrogens (tertiary/aromatic N) is 2. The molecule has 2 atom stereocenters. The van der Waals surface area contributed by atoms with Crippen molar-refractivity contribution >= 4 is 18.1 Å². The SMILES string of the molecule is CCOC(=O)c1cc2c(c(OC)n1)N(C=O)[C@@H](C1CC1)C(C)C2. The highest BCUT2D eigenvalue weighted by Crippen LogP contribution is 2.47. The van der Waals surface area contributed by atoms with Gasteiger partial charge in [-0.15, -0.1) is 0 Å². The summed E-state index contributed by atoms with van der Waals surface area (Å²) < 4.78 is 10.4. The van der Waals surface area contributed by atoms with Crippen LogP contribution in [0.1, 0.15) is 42.7 Å². The first-order valence-corrected chi connectivity index (χ1v) is 8.09. The van der Waals surface area contributed by atoms with Crippen LogP contribution >= 0.6 is 0 Å². The molecule has 0 bridgehead atoms. The quantitative estimate of drug-likeness (QED) is 0.615. The molecule has 1 fully saturated rings. The van der Waals surface area contributed by atoms with E-state index in [0.29, 0.717) is 30.0 Å². The number of rotatable bonds is 5. The summed E-state index contributed by atoms with van der Waals surface area (Å²) in [4.78, 5) is 29.8. The smallest absolute Gasteiger partial charge is 0.357 e. The zero-order chi connectivity index (χ0) is 16.6. The fraction of sp³-hybridized carbons (Fsp3) is 0.588. The monoisotopic (exact) mass is 318 g/mol. The van der Waals surface area contributed by atoms with Crippen molar-refractivity contribution in [3.8, 4) is 5.88 Å². The van der Waals surface area contributed by atoms with Gasteiger partial charge < -0.3 is 14.4 Å². The Morgan fingerprint density at radius 2 is 2.22 bits per heavy atom. The summed E-state index contributed by atoms with van der Waals surface area (Å²) >= 11 is 0. The van der Waals surface area contributed by atoms with E-state index in [9.17, 15) is 9.59 Å². The van der Waals surface area contributed by atoms with Crippen molar-refractivity contribution < 1.29 is 19.1 Å². The molecule has 2 aliphatic rings. The van der Waals surface area contributed by atoms with Gasteiger partial charge in [0.25, 0.3) is 0 Å². The predicted molar refractivity (Wildman–Crippen MR) is 84.7 cm³/mol. The van der Waals surface area contributed by atoms with E-state index in [0.717, 1.165) is 31.2 Å². The van der Waals surface area contributed by atoms with Crippen molar-refractivity contribution in [3.63, 3.8) is 0 Å². The van der Waals surface area contributed by atoms with Gasteiger partial charge in [0.2, 0.25) is 12.3 Å². The van der Waals surface area contributed by atoms with Crippen molar-refractivity contribution in [1.82, 2.24) is 4.98 Å². The third-order valence-corrected chi connectivity index (χ3v) is 4.64. The lowest BCUT2D eigenvalue weighted by molar-refractivity contribution is -0.108. The zero-order valence-corrected chi connectivity index (χ0v) is 13.7. The molecule has 6 nitrogen and oxygen atoms in total. The minimum Gasteiger partial charge on any atom is -0.479 e. The van der Waals surface area contributed by atoms with Gasteiger partial charge in [0.15, 0.2) is 5.69 Å². The molecule has 1 amide bonds. The van der Waals surface area contributed by atoms with Gasteiger partial charge in [-0.2, -0.15) is 0 Å². The largest absolute Gasteiger partial charge is 0.479 e. The summed E-state index contributed by atoms with van der Waals surface area (Å²) in [5.41, 5.74) is 1.84. The van der Waals surface area contributed by atoms with E-state index in [1.807, 2.05) is 0 Å². The number of fused-ring (bicyclic) bond motifs is 1. The molecule has 1 aromatic rings. The molecule has 0 radical (unpaired) electrons. The van der Waals surface area contributed by atoms with Gasteiger partial charge in [-0.05, 0) is 49.7 Å². The van der Waals surface area contributed by atoms with Crippen molar-refractivity contribution in [2.24, 2.45) is 11.8 Å². The van der Waals surface area contributed by atoms with Gasteiger partial charge in [0, 0.05) is 6.04 Å². The predicted octanol–water partition coefficient (Wildman–Crippen LogP) is 2.20. The average molecular weight is 318 g/mol. The Morgan fingerprint density at radius 3 is 2.78 bits per heavy atom. The van der Waals surface area contributed by atoms with E-state index < -0.39 is 5.97 Å². The van der Waals surface area contributed by atoms with Gasteiger partial charge in [-0.25, -0.2) is 9.78 Å². The van der Waals surface area contributed by atoms with Crippen LogP contribution in [0.4, 0.5) is 5.69 Å². The van der Waals surface area contributed by atoms with Gasteiger partial charge in [0.1, 0.15) is 5.69 Å². The fourth-order valence-electron chi connectivity index (χ4n) is 3.59. The molecule has 3 rings (SSSR count). The van der Waals surface area contributed by atoms with E-state index in [-0.39, 0.29) is 11.7 Å². The highest BCUT2D eigenvalue weighted by molar-refractivity contribution is 5.90. The fourth-order valence-corrected chi connectivity index (χ4v) is 3.59. The van der Waals surface area contributed by atoms with Crippen LogP contribution < -0.4 is 9.64 Å². The maximum absolute atomic E-state index is 12.0. The maximum Gasteiger partial charge on any atom is 0.357 e. The van der Waals surface area contributed by atoms with Crippen LogP contribution in [0.15, 0.2) is 6.07 Å². The van der Waals surface area contributed by atoms with Gasteiger partial charge in [0.05, 0.1) is 13.7 Å². The number of amides is 1. The third-order valence-electron chi connectivity index (χ3n) is 4.64. The zero-order valence-electron chi connectivity index (χ0n) is 13.7. The van der Waals surface area contributed by atoms with E-state index in [1.165, 1.54) is 7.11 Å². The summed E-state index contributed by atoms with van der Waals surface area (Å²) in [6, 6.07) is 1.91. The Labute approximate surface area is 135 Å². The standard InChI is InChI=1S/C17H22N2O4/c1-4-23-17(21)13-8-12-7-10(2)14(11-5-6-11)19(9-20)15(12)16(18-13)22-3/h8-11,14H,4-7H2,1-3H3/t10?,14-/m1/s1. The number of pyridine rings is 1. The van der Waals surface area contributed by atoms with Crippen LogP contribution in [0.3, 0.4) is 0 Å². The number of carbonyl (C=O) groups excluding carboxylic acids is 2. The maximum atomic E-state index is 12.0. The second-order valence-electron chi connectivity index (χ2n) is 6.27. The van der Waals surface area contributed by atoms with E-state index >= 15 is 0 Å². The van der Waals surface area contributed by atoms with E-state index in [1.54, 1.807) is 17.9 Å². The van der Waals surface area contributed by atoms with Crippen LogP contribution in [-0.2, 0) is 16.0 Å². The highest BCUT2D eigenvalue weighted by Gasteiger charge is 2.43. The number of ether oxygens (including phenoxy) is 2. The average Bonchev–Trinajstić information content (AvgIpc) is 3.37. The molecular formula is C17H22N2O4. The number of esters is 1. The molecule has 0 saturated heterocycles. The molecule has 1 aliphatic carbocycles. The van der Waals surface area contributed by atoms with E-state index in [4.69, 9.17) is 9.47 Å². The number of methoxy groups -OCH3 is 1. The normalized spacial score (nSPS) is 23.2. The van der Waals surface area contributed by atoms with Gasteiger partial charge in [-0.1, -0.05) is 6.92 Å². The highest BCUT2D eigenvalue weighted by atomic mass is 16.5. The number of hydrogen-bond acceptors (Lipinski definition) is 5. The van der Waals surface area contributed by atoms with Crippen LogP contribution in [0.25, 0.3) is 0 Å². The molecule has 6 heteroatoms. The van der Waals surface area contributed by atoms with Crippen LogP contribution in [0.2, 0.25) is 0 Å². The number of carbonyl (C=O) groups is 2. The van der Waals surface area contributed by atoms with E-state index in [2.05, 4.69) is 11.9 Å². The van der Waals surface area contributed by atoms with Gasteiger partial charge >= 0.3 is 5.97 Å². The molecular weight excluding hydrogens is 296 g/mol. The topological polar surface area (TPSA) is 68.7 Å².